The van der Waals surface area contributed by atoms with Crippen LogP contribution in [0.1, 0.15) is 75.0 Å². The fraction of sp³-hybridized carbons (Fsp3) is 0.636. The van der Waals surface area contributed by atoms with Gasteiger partial charge in [-0.1, -0.05) is 50.6 Å². The summed E-state index contributed by atoms with van der Waals surface area (Å²) in [6, 6.07) is 3.92. The first-order valence-electron chi connectivity index (χ1n) is 14.3. The highest BCUT2D eigenvalue weighted by Gasteiger charge is 2.77. The average molecular weight is 535 g/mol. The number of Topliss-reactive ketones (excluding diaryl/α,β-unsaturated/α-hetero) is 1. The van der Waals surface area contributed by atoms with Gasteiger partial charge in [0.25, 0.3) is 0 Å². The summed E-state index contributed by atoms with van der Waals surface area (Å²) in [5, 5.41) is 13.2. The lowest BCUT2D eigenvalue weighted by Crippen LogP contribution is -2.68. The van der Waals surface area contributed by atoms with Crippen LogP contribution in [0.3, 0.4) is 0 Å². The maximum absolute atomic E-state index is 14.8. The summed E-state index contributed by atoms with van der Waals surface area (Å²) >= 11 is 0. The Morgan fingerprint density at radius 3 is 2.36 bits per heavy atom. The van der Waals surface area contributed by atoms with Crippen LogP contribution < -0.4 is 0 Å². The zero-order valence-electron chi connectivity index (χ0n) is 24.7. The van der Waals surface area contributed by atoms with Gasteiger partial charge in [0.15, 0.2) is 23.3 Å². The van der Waals surface area contributed by atoms with Crippen molar-refractivity contribution in [2.45, 2.75) is 92.3 Å². The van der Waals surface area contributed by atoms with E-state index < -0.39 is 35.0 Å². The maximum atomic E-state index is 14.8. The van der Waals surface area contributed by atoms with Crippen molar-refractivity contribution in [1.82, 2.24) is 0 Å². The lowest BCUT2D eigenvalue weighted by atomic mass is 9.59. The summed E-state index contributed by atoms with van der Waals surface area (Å²) < 4.78 is 18.9. The van der Waals surface area contributed by atoms with Crippen molar-refractivity contribution < 1.29 is 28.9 Å². The molecule has 2 bridgehead atoms. The lowest BCUT2D eigenvalue weighted by Gasteiger charge is -2.52. The molecule has 4 aliphatic carbocycles. The number of hydrogen-bond donors (Lipinski definition) is 1. The SMILES string of the molecule is CC1=C[C@]23C(=O)[C@@H](C=C4COC(C)(C)O[C@H]4[C@]2(O)[C@H]1OC(=O)c1c(C)cc(C)cc1C)C1[C@@H](C[C@H]3C)C1(C)C. The molecular formula is C33H42O6. The topological polar surface area (TPSA) is 82.1 Å². The second-order valence-electron chi connectivity index (χ2n) is 14.1. The Hall–Kier alpha value is -2.28. The predicted molar refractivity (Wildman–Crippen MR) is 147 cm³/mol. The van der Waals surface area contributed by atoms with Gasteiger partial charge in [-0.2, -0.15) is 0 Å². The van der Waals surface area contributed by atoms with Crippen molar-refractivity contribution in [3.05, 3.63) is 57.7 Å². The third-order valence-corrected chi connectivity index (χ3v) is 10.8. The minimum atomic E-state index is -1.81. The van der Waals surface area contributed by atoms with Gasteiger partial charge in [-0.25, -0.2) is 4.79 Å². The predicted octanol–water partition coefficient (Wildman–Crippen LogP) is 5.40. The van der Waals surface area contributed by atoms with Crippen LogP contribution in [-0.2, 0) is 19.0 Å². The van der Waals surface area contributed by atoms with E-state index in [9.17, 15) is 14.7 Å². The van der Waals surface area contributed by atoms with E-state index in [0.717, 1.165) is 28.7 Å². The van der Waals surface area contributed by atoms with Gasteiger partial charge in [0.2, 0.25) is 0 Å². The van der Waals surface area contributed by atoms with Gasteiger partial charge in [0.05, 0.1) is 17.6 Å². The maximum Gasteiger partial charge on any atom is 0.339 e. The minimum absolute atomic E-state index is 0.0134. The molecular weight excluding hydrogens is 492 g/mol. The van der Waals surface area contributed by atoms with Gasteiger partial charge >= 0.3 is 5.97 Å². The van der Waals surface area contributed by atoms with E-state index in [1.54, 1.807) is 0 Å². The molecule has 1 spiro atoms. The van der Waals surface area contributed by atoms with E-state index in [-0.39, 0.29) is 35.6 Å². The van der Waals surface area contributed by atoms with E-state index in [1.807, 2.05) is 65.8 Å². The number of ketones is 1. The Morgan fingerprint density at radius 1 is 1.08 bits per heavy atom. The van der Waals surface area contributed by atoms with Gasteiger partial charge < -0.3 is 19.3 Å². The Bertz CT molecular complexity index is 1330. The second-order valence-corrected chi connectivity index (χ2v) is 14.1. The number of hydrogen-bond acceptors (Lipinski definition) is 6. The highest BCUT2D eigenvalue weighted by Crippen LogP contribution is 2.72. The highest BCUT2D eigenvalue weighted by molar-refractivity contribution is 5.96. The first-order valence-corrected chi connectivity index (χ1v) is 14.3. The van der Waals surface area contributed by atoms with Crippen LogP contribution in [-0.4, -0.2) is 47.1 Å². The number of aryl methyl sites for hydroxylation is 3. The number of rotatable bonds is 2. The number of carbonyl (C=O) groups excluding carboxylic acids is 2. The number of esters is 1. The van der Waals surface area contributed by atoms with Crippen LogP contribution in [0, 0.1) is 55.3 Å². The largest absolute Gasteiger partial charge is 0.451 e. The van der Waals surface area contributed by atoms with E-state index in [0.29, 0.717) is 17.1 Å². The molecule has 0 aromatic heterocycles. The number of aliphatic hydroxyl groups is 1. The van der Waals surface area contributed by atoms with Crippen molar-refractivity contribution in [3.63, 3.8) is 0 Å². The first-order chi connectivity index (χ1) is 18.1. The summed E-state index contributed by atoms with van der Waals surface area (Å²) in [5.41, 5.74) is 1.66. The molecule has 5 aliphatic rings. The second kappa shape index (κ2) is 8.14. The Kier molecular flexibility index (Phi) is 5.62. The fourth-order valence-corrected chi connectivity index (χ4v) is 8.97. The molecule has 1 aromatic rings. The quantitative estimate of drug-likeness (QED) is 0.404. The number of fused-ring (bicyclic) bond motifs is 5. The summed E-state index contributed by atoms with van der Waals surface area (Å²) in [6.07, 6.45) is 2.88. The number of allylic oxidation sites excluding steroid dienone is 1. The molecule has 3 fully saturated rings. The Morgan fingerprint density at radius 2 is 1.72 bits per heavy atom. The van der Waals surface area contributed by atoms with Crippen LogP contribution >= 0.6 is 0 Å². The summed E-state index contributed by atoms with van der Waals surface area (Å²) in [4.78, 5) is 28.6. The van der Waals surface area contributed by atoms with Crippen molar-refractivity contribution in [2.24, 2.45) is 34.5 Å². The summed E-state index contributed by atoms with van der Waals surface area (Å²) in [7, 11) is 0. The fourth-order valence-electron chi connectivity index (χ4n) is 8.97. The van der Waals surface area contributed by atoms with Crippen LogP contribution in [0.15, 0.2) is 35.4 Å². The highest BCUT2D eigenvalue weighted by atomic mass is 16.7. The van der Waals surface area contributed by atoms with Gasteiger partial charge in [0.1, 0.15) is 6.10 Å². The van der Waals surface area contributed by atoms with Gasteiger partial charge in [-0.05, 0) is 93.4 Å². The Balaban J connectivity index is 1.52. The normalized spacial score (nSPS) is 41.2. The van der Waals surface area contributed by atoms with E-state index in [1.165, 1.54) is 0 Å². The molecule has 6 nitrogen and oxygen atoms in total. The number of benzene rings is 1. The first kappa shape index (κ1) is 26.9. The summed E-state index contributed by atoms with van der Waals surface area (Å²) in [5.74, 6) is -1.40. The molecule has 1 N–H and O–H groups in total. The van der Waals surface area contributed by atoms with E-state index in [2.05, 4.69) is 20.8 Å². The molecule has 1 heterocycles. The third kappa shape index (κ3) is 3.44. The average Bonchev–Trinajstić information content (AvgIpc) is 3.31. The van der Waals surface area contributed by atoms with Gasteiger partial charge in [-0.15, -0.1) is 0 Å². The standard InChI is InChI=1S/C33H42O6/c1-16-10-17(2)24(18(3)11-16)29(35)38-27-19(4)14-32-20(5)12-23-25(30(23,6)7)22(26(32)34)13-21-15-37-31(8,9)39-28(21)33(27,32)36/h10-11,13-14,20,22-23,25,27-28,36H,12,15H2,1-9H3/t20-,22+,23-,25?,27+,28-,32+,33-/m1/s1. The zero-order chi connectivity index (χ0) is 28.4. The molecule has 0 amide bonds. The molecule has 1 aliphatic heterocycles. The van der Waals surface area contributed by atoms with Crippen LogP contribution in [0.4, 0.5) is 0 Å². The van der Waals surface area contributed by atoms with Crippen molar-refractivity contribution in [1.29, 1.82) is 0 Å². The zero-order valence-corrected chi connectivity index (χ0v) is 24.7. The molecule has 8 atom stereocenters. The molecule has 1 aromatic carbocycles. The molecule has 1 saturated heterocycles. The number of ether oxygens (including phenoxy) is 3. The van der Waals surface area contributed by atoms with E-state index >= 15 is 0 Å². The molecule has 6 rings (SSSR count). The smallest absolute Gasteiger partial charge is 0.339 e. The molecule has 210 valence electrons. The van der Waals surface area contributed by atoms with Gasteiger partial charge in [-0.3, -0.25) is 4.79 Å². The van der Waals surface area contributed by atoms with Crippen molar-refractivity contribution in [2.75, 3.05) is 6.61 Å². The molecule has 39 heavy (non-hydrogen) atoms. The monoisotopic (exact) mass is 534 g/mol. The summed E-state index contributed by atoms with van der Waals surface area (Å²) in [6.45, 7) is 18.1. The molecule has 2 saturated carbocycles. The van der Waals surface area contributed by atoms with Crippen molar-refractivity contribution >= 4 is 11.8 Å². The number of carbonyl (C=O) groups is 2. The van der Waals surface area contributed by atoms with E-state index in [4.69, 9.17) is 14.2 Å². The van der Waals surface area contributed by atoms with Crippen LogP contribution in [0.5, 0.6) is 0 Å². The molecule has 0 radical (unpaired) electrons. The lowest BCUT2D eigenvalue weighted by molar-refractivity contribution is -0.302. The van der Waals surface area contributed by atoms with Gasteiger partial charge in [0, 0.05) is 5.92 Å². The third-order valence-electron chi connectivity index (χ3n) is 10.8. The minimum Gasteiger partial charge on any atom is -0.451 e. The molecule has 1 unspecified atom stereocenters. The van der Waals surface area contributed by atoms with Crippen molar-refractivity contribution in [3.8, 4) is 0 Å². The van der Waals surface area contributed by atoms with Crippen LogP contribution in [0.25, 0.3) is 0 Å². The molecule has 6 heteroatoms. The Labute approximate surface area is 231 Å². The van der Waals surface area contributed by atoms with Crippen LogP contribution in [0.2, 0.25) is 0 Å².